The molecule has 3 N–H and O–H groups in total. The Morgan fingerprint density at radius 2 is 1.78 bits per heavy atom. The summed E-state index contributed by atoms with van der Waals surface area (Å²) >= 11 is 0. The van der Waals surface area contributed by atoms with E-state index in [1.54, 1.807) is 0 Å². The number of benzene rings is 1. The van der Waals surface area contributed by atoms with Gasteiger partial charge >= 0.3 is 5.97 Å². The monoisotopic (exact) mass is 249 g/mol. The van der Waals surface area contributed by atoms with E-state index >= 15 is 0 Å². The standard InChI is InChI=1S/C15H23NO2/c1-10(2)13-6-4-12(5-7-13)8-11(3)14(16)9-15(17)18/h4-7,10-11,14H,8-9,16H2,1-3H3,(H,17,18)/t11-,14+/m1/s1. The first-order valence-corrected chi connectivity index (χ1v) is 6.46. The maximum atomic E-state index is 10.6. The summed E-state index contributed by atoms with van der Waals surface area (Å²) in [5.41, 5.74) is 8.40. The van der Waals surface area contributed by atoms with Crippen LogP contribution >= 0.6 is 0 Å². The van der Waals surface area contributed by atoms with Crippen LogP contribution in [0.15, 0.2) is 24.3 Å². The van der Waals surface area contributed by atoms with Crippen LogP contribution in [0.1, 0.15) is 44.2 Å². The molecule has 1 rings (SSSR count). The number of carboxylic acid groups (broad SMARTS) is 1. The van der Waals surface area contributed by atoms with Crippen molar-refractivity contribution in [3.05, 3.63) is 35.4 Å². The van der Waals surface area contributed by atoms with E-state index in [1.165, 1.54) is 11.1 Å². The van der Waals surface area contributed by atoms with Crippen LogP contribution in [0.2, 0.25) is 0 Å². The van der Waals surface area contributed by atoms with E-state index in [4.69, 9.17) is 10.8 Å². The molecule has 0 aromatic heterocycles. The summed E-state index contributed by atoms with van der Waals surface area (Å²) in [5.74, 6) is -0.124. The Labute approximate surface area is 109 Å². The van der Waals surface area contributed by atoms with Gasteiger partial charge in [0.05, 0.1) is 6.42 Å². The minimum Gasteiger partial charge on any atom is -0.481 e. The first-order chi connectivity index (χ1) is 8.40. The van der Waals surface area contributed by atoms with Crippen molar-refractivity contribution in [3.63, 3.8) is 0 Å². The molecule has 1 aromatic carbocycles. The molecule has 18 heavy (non-hydrogen) atoms. The predicted molar refractivity (Wildman–Crippen MR) is 73.6 cm³/mol. The van der Waals surface area contributed by atoms with Crippen molar-refractivity contribution in [2.24, 2.45) is 11.7 Å². The van der Waals surface area contributed by atoms with Crippen LogP contribution in [0.4, 0.5) is 0 Å². The molecule has 0 bridgehead atoms. The van der Waals surface area contributed by atoms with Crippen molar-refractivity contribution >= 4 is 5.97 Å². The molecule has 100 valence electrons. The van der Waals surface area contributed by atoms with Gasteiger partial charge in [-0.25, -0.2) is 0 Å². The Morgan fingerprint density at radius 3 is 2.22 bits per heavy atom. The van der Waals surface area contributed by atoms with Crippen LogP contribution in [-0.2, 0) is 11.2 Å². The summed E-state index contributed by atoms with van der Waals surface area (Å²) in [5, 5.41) is 8.72. The number of carbonyl (C=O) groups is 1. The van der Waals surface area contributed by atoms with Crippen LogP contribution in [0.25, 0.3) is 0 Å². The molecule has 0 aliphatic heterocycles. The summed E-state index contributed by atoms with van der Waals surface area (Å²) in [7, 11) is 0. The third-order valence-corrected chi connectivity index (χ3v) is 3.35. The van der Waals surface area contributed by atoms with Gasteiger partial charge < -0.3 is 10.8 Å². The first kappa shape index (κ1) is 14.7. The fourth-order valence-electron chi connectivity index (χ4n) is 1.96. The van der Waals surface area contributed by atoms with Crippen molar-refractivity contribution in [2.45, 2.75) is 45.6 Å². The second-order valence-electron chi connectivity index (χ2n) is 5.34. The van der Waals surface area contributed by atoms with Gasteiger partial charge in [-0.2, -0.15) is 0 Å². The molecule has 0 saturated carbocycles. The molecule has 0 unspecified atom stereocenters. The van der Waals surface area contributed by atoms with E-state index in [2.05, 4.69) is 38.1 Å². The second-order valence-corrected chi connectivity index (χ2v) is 5.34. The molecule has 2 atom stereocenters. The number of rotatable bonds is 6. The highest BCUT2D eigenvalue weighted by atomic mass is 16.4. The molecule has 3 heteroatoms. The number of carboxylic acids is 1. The summed E-state index contributed by atoms with van der Waals surface area (Å²) in [4.78, 5) is 10.6. The second kappa shape index (κ2) is 6.55. The summed E-state index contributed by atoms with van der Waals surface area (Å²) < 4.78 is 0. The van der Waals surface area contributed by atoms with Gasteiger partial charge in [0.2, 0.25) is 0 Å². The van der Waals surface area contributed by atoms with Gasteiger partial charge in [-0.1, -0.05) is 45.0 Å². The molecule has 0 heterocycles. The molecule has 1 aromatic rings. The number of hydrogen-bond acceptors (Lipinski definition) is 2. The Kier molecular flexibility index (Phi) is 5.35. The molecule has 0 saturated heterocycles. The molecule has 3 nitrogen and oxygen atoms in total. The highest BCUT2D eigenvalue weighted by Gasteiger charge is 2.16. The maximum absolute atomic E-state index is 10.6. The maximum Gasteiger partial charge on any atom is 0.304 e. The van der Waals surface area contributed by atoms with Gasteiger partial charge in [-0.15, -0.1) is 0 Å². The molecular weight excluding hydrogens is 226 g/mol. The molecule has 0 amide bonds. The zero-order chi connectivity index (χ0) is 13.7. The van der Waals surface area contributed by atoms with Crippen LogP contribution < -0.4 is 5.73 Å². The normalized spacial score (nSPS) is 14.5. The Morgan fingerprint density at radius 1 is 1.22 bits per heavy atom. The van der Waals surface area contributed by atoms with E-state index in [0.29, 0.717) is 5.92 Å². The van der Waals surface area contributed by atoms with Crippen LogP contribution in [0.3, 0.4) is 0 Å². The summed E-state index contributed by atoms with van der Waals surface area (Å²) in [6.07, 6.45) is 0.859. The van der Waals surface area contributed by atoms with Gasteiger partial charge in [0.15, 0.2) is 0 Å². The van der Waals surface area contributed by atoms with E-state index < -0.39 is 5.97 Å². The average Bonchev–Trinajstić information content (AvgIpc) is 2.28. The lowest BCUT2D eigenvalue weighted by Gasteiger charge is -2.18. The zero-order valence-corrected chi connectivity index (χ0v) is 11.4. The van der Waals surface area contributed by atoms with E-state index in [1.807, 2.05) is 6.92 Å². The number of aliphatic carboxylic acids is 1. The predicted octanol–water partition coefficient (Wildman–Crippen LogP) is 2.79. The van der Waals surface area contributed by atoms with Gasteiger partial charge in [0.25, 0.3) is 0 Å². The highest BCUT2D eigenvalue weighted by Crippen LogP contribution is 2.18. The minimum atomic E-state index is -0.829. The molecule has 0 aliphatic carbocycles. The average molecular weight is 249 g/mol. The van der Waals surface area contributed by atoms with Crippen LogP contribution in [0.5, 0.6) is 0 Å². The van der Waals surface area contributed by atoms with E-state index in [0.717, 1.165) is 6.42 Å². The molecule has 0 spiro atoms. The van der Waals surface area contributed by atoms with Gasteiger partial charge in [0, 0.05) is 6.04 Å². The SMILES string of the molecule is CC(C)c1ccc(C[C@@H](C)[C@@H](N)CC(=O)O)cc1. The molecule has 0 aliphatic rings. The van der Waals surface area contributed by atoms with Crippen molar-refractivity contribution in [2.75, 3.05) is 0 Å². The smallest absolute Gasteiger partial charge is 0.304 e. The Bertz CT molecular complexity index is 384. The van der Waals surface area contributed by atoms with Crippen molar-refractivity contribution < 1.29 is 9.90 Å². The van der Waals surface area contributed by atoms with Gasteiger partial charge in [-0.3, -0.25) is 4.79 Å². The lowest BCUT2D eigenvalue weighted by molar-refractivity contribution is -0.137. The summed E-state index contributed by atoms with van der Waals surface area (Å²) in [6.45, 7) is 6.34. The molecular formula is C15H23NO2. The Balaban J connectivity index is 2.58. The van der Waals surface area contributed by atoms with Gasteiger partial charge in [-0.05, 0) is 29.4 Å². The van der Waals surface area contributed by atoms with E-state index in [9.17, 15) is 4.79 Å². The quantitative estimate of drug-likeness (QED) is 0.815. The topological polar surface area (TPSA) is 63.3 Å². The Hall–Kier alpha value is -1.35. The van der Waals surface area contributed by atoms with Crippen LogP contribution in [0, 0.1) is 5.92 Å². The van der Waals surface area contributed by atoms with Gasteiger partial charge in [0.1, 0.15) is 0 Å². The first-order valence-electron chi connectivity index (χ1n) is 6.46. The third-order valence-electron chi connectivity index (χ3n) is 3.35. The lowest BCUT2D eigenvalue weighted by atomic mass is 9.91. The number of hydrogen-bond donors (Lipinski definition) is 2. The number of nitrogens with two attached hydrogens (primary N) is 1. The fourth-order valence-corrected chi connectivity index (χ4v) is 1.96. The highest BCUT2D eigenvalue weighted by molar-refractivity contribution is 5.67. The van der Waals surface area contributed by atoms with E-state index in [-0.39, 0.29) is 18.4 Å². The van der Waals surface area contributed by atoms with Crippen molar-refractivity contribution in [1.29, 1.82) is 0 Å². The zero-order valence-electron chi connectivity index (χ0n) is 11.4. The van der Waals surface area contributed by atoms with Crippen molar-refractivity contribution in [3.8, 4) is 0 Å². The minimum absolute atomic E-state index is 0.0330. The third kappa shape index (κ3) is 4.49. The largest absolute Gasteiger partial charge is 0.481 e. The summed E-state index contributed by atoms with van der Waals surface area (Å²) in [6, 6.07) is 8.20. The fraction of sp³-hybridized carbons (Fsp3) is 0.533. The lowest BCUT2D eigenvalue weighted by Crippen LogP contribution is -2.32. The molecule has 0 fully saturated rings. The van der Waals surface area contributed by atoms with Crippen LogP contribution in [-0.4, -0.2) is 17.1 Å². The van der Waals surface area contributed by atoms with Crippen molar-refractivity contribution in [1.82, 2.24) is 0 Å². The molecule has 0 radical (unpaired) electrons.